The minimum atomic E-state index is -0.0981. The van der Waals surface area contributed by atoms with Gasteiger partial charge in [0, 0.05) is 26.2 Å². The summed E-state index contributed by atoms with van der Waals surface area (Å²) < 4.78 is 6.51. The third kappa shape index (κ3) is 3.68. The van der Waals surface area contributed by atoms with Gasteiger partial charge in [-0.3, -0.25) is 0 Å². The van der Waals surface area contributed by atoms with Crippen molar-refractivity contribution in [3.8, 4) is 5.75 Å². The summed E-state index contributed by atoms with van der Waals surface area (Å²) in [6, 6.07) is 13.7. The molecular weight excluding hydrogens is 360 g/mol. The number of ether oxygens (including phenoxy) is 1. The van der Waals surface area contributed by atoms with Crippen LogP contribution in [-0.4, -0.2) is 49.2 Å². The first-order valence-corrected chi connectivity index (χ1v) is 9.77. The summed E-state index contributed by atoms with van der Waals surface area (Å²) in [5.41, 5.74) is 2.97. The molecule has 7 heteroatoms. The Kier molecular flexibility index (Phi) is 4.85. The molecule has 2 aromatic carbocycles. The van der Waals surface area contributed by atoms with Gasteiger partial charge in [0.25, 0.3) is 0 Å². The number of rotatable bonds is 3. The Morgan fingerprint density at radius 2 is 1.93 bits per heavy atom. The monoisotopic (exact) mass is 382 g/mol. The van der Waals surface area contributed by atoms with E-state index in [1.54, 1.807) is 18.4 Å². The van der Waals surface area contributed by atoms with Crippen LogP contribution in [0.5, 0.6) is 5.75 Å². The van der Waals surface area contributed by atoms with Crippen molar-refractivity contribution < 1.29 is 9.53 Å². The second-order valence-electron chi connectivity index (χ2n) is 6.57. The average Bonchev–Trinajstić information content (AvgIpc) is 3.11. The summed E-state index contributed by atoms with van der Waals surface area (Å²) in [6.45, 7) is 4.97. The van der Waals surface area contributed by atoms with Crippen LogP contribution < -0.4 is 15.0 Å². The number of methoxy groups -OCH3 is 1. The molecular formula is C20H22N4O2S. The van der Waals surface area contributed by atoms with Crippen molar-refractivity contribution in [2.75, 3.05) is 43.5 Å². The first kappa shape index (κ1) is 17.6. The number of nitrogens with zero attached hydrogens (tertiary/aromatic N) is 3. The van der Waals surface area contributed by atoms with E-state index >= 15 is 0 Å². The van der Waals surface area contributed by atoms with Crippen LogP contribution in [0.2, 0.25) is 0 Å². The number of thiazole rings is 1. The number of aryl methyl sites for hydroxylation is 1. The fourth-order valence-electron chi connectivity index (χ4n) is 3.20. The molecule has 3 aromatic rings. The van der Waals surface area contributed by atoms with Gasteiger partial charge in [0.1, 0.15) is 5.75 Å². The normalized spacial score (nSPS) is 14.4. The Balaban J connectivity index is 1.40. The van der Waals surface area contributed by atoms with Crippen LogP contribution in [0.4, 0.5) is 15.6 Å². The Morgan fingerprint density at radius 1 is 1.15 bits per heavy atom. The lowest BCUT2D eigenvalue weighted by molar-refractivity contribution is 0.208. The fraction of sp³-hybridized carbons (Fsp3) is 0.300. The van der Waals surface area contributed by atoms with E-state index in [4.69, 9.17) is 9.72 Å². The van der Waals surface area contributed by atoms with Crippen LogP contribution in [-0.2, 0) is 0 Å². The molecule has 2 amide bonds. The maximum Gasteiger partial charge on any atom is 0.322 e. The van der Waals surface area contributed by atoms with Gasteiger partial charge in [-0.15, -0.1) is 0 Å². The van der Waals surface area contributed by atoms with Crippen molar-refractivity contribution in [3.05, 3.63) is 48.0 Å². The number of urea groups is 1. The number of anilines is 2. The number of carbonyl (C=O) groups is 1. The lowest BCUT2D eigenvalue weighted by Crippen LogP contribution is -2.50. The highest BCUT2D eigenvalue weighted by Crippen LogP contribution is 2.30. The van der Waals surface area contributed by atoms with Crippen molar-refractivity contribution in [1.29, 1.82) is 0 Å². The van der Waals surface area contributed by atoms with Crippen molar-refractivity contribution in [2.45, 2.75) is 6.92 Å². The third-order valence-electron chi connectivity index (χ3n) is 4.72. The van der Waals surface area contributed by atoms with Crippen LogP contribution in [0, 0.1) is 6.92 Å². The van der Waals surface area contributed by atoms with Crippen molar-refractivity contribution in [1.82, 2.24) is 9.88 Å². The molecule has 2 heterocycles. The molecule has 1 aromatic heterocycles. The van der Waals surface area contributed by atoms with E-state index in [0.717, 1.165) is 23.7 Å². The minimum Gasteiger partial charge on any atom is -0.495 e. The standard InChI is InChI=1S/C20H22N4O2S/c1-14-7-8-16-18(13-14)27-20(22-16)24-11-9-23(10-12-24)19(25)21-15-5-3-4-6-17(15)26-2/h3-8,13H,9-12H2,1-2H3,(H,21,25). The van der Waals surface area contributed by atoms with E-state index < -0.39 is 0 Å². The molecule has 0 radical (unpaired) electrons. The second-order valence-corrected chi connectivity index (χ2v) is 7.58. The van der Waals surface area contributed by atoms with Crippen LogP contribution in [0.3, 0.4) is 0 Å². The van der Waals surface area contributed by atoms with Crippen molar-refractivity contribution >= 4 is 38.4 Å². The largest absolute Gasteiger partial charge is 0.495 e. The van der Waals surface area contributed by atoms with Gasteiger partial charge in [-0.1, -0.05) is 29.5 Å². The Morgan fingerprint density at radius 3 is 2.70 bits per heavy atom. The van der Waals surface area contributed by atoms with Crippen LogP contribution in [0.25, 0.3) is 10.2 Å². The van der Waals surface area contributed by atoms with Gasteiger partial charge in [-0.05, 0) is 36.8 Å². The van der Waals surface area contributed by atoms with Crippen molar-refractivity contribution in [2.24, 2.45) is 0 Å². The molecule has 1 aliphatic rings. The molecule has 4 rings (SSSR count). The predicted molar refractivity (Wildman–Crippen MR) is 110 cm³/mol. The molecule has 0 atom stereocenters. The highest BCUT2D eigenvalue weighted by molar-refractivity contribution is 7.22. The number of para-hydroxylation sites is 2. The molecule has 1 fully saturated rings. The maximum absolute atomic E-state index is 12.6. The van der Waals surface area contributed by atoms with E-state index in [1.165, 1.54) is 10.3 Å². The number of hydrogen-bond acceptors (Lipinski definition) is 5. The summed E-state index contributed by atoms with van der Waals surface area (Å²) in [5.74, 6) is 0.661. The van der Waals surface area contributed by atoms with Crippen LogP contribution in [0.1, 0.15) is 5.56 Å². The predicted octanol–water partition coefficient (Wildman–Crippen LogP) is 3.97. The van der Waals surface area contributed by atoms with Crippen LogP contribution in [0.15, 0.2) is 42.5 Å². The molecule has 1 N–H and O–H groups in total. The van der Waals surface area contributed by atoms with E-state index in [9.17, 15) is 4.79 Å². The van der Waals surface area contributed by atoms with E-state index in [-0.39, 0.29) is 6.03 Å². The number of piperazine rings is 1. The average molecular weight is 382 g/mol. The van der Waals surface area contributed by atoms with Gasteiger partial charge in [-0.25, -0.2) is 9.78 Å². The summed E-state index contributed by atoms with van der Waals surface area (Å²) in [5, 5.41) is 3.97. The summed E-state index contributed by atoms with van der Waals surface area (Å²) in [4.78, 5) is 21.4. The van der Waals surface area contributed by atoms with Crippen LogP contribution >= 0.6 is 11.3 Å². The lowest BCUT2D eigenvalue weighted by Gasteiger charge is -2.34. The summed E-state index contributed by atoms with van der Waals surface area (Å²) in [7, 11) is 1.60. The van der Waals surface area contributed by atoms with E-state index in [2.05, 4.69) is 35.3 Å². The van der Waals surface area contributed by atoms with Gasteiger partial charge in [0.15, 0.2) is 5.13 Å². The first-order chi connectivity index (χ1) is 13.1. The number of benzene rings is 2. The highest BCUT2D eigenvalue weighted by Gasteiger charge is 2.23. The molecule has 0 unspecified atom stereocenters. The van der Waals surface area contributed by atoms with Gasteiger partial charge in [0.05, 0.1) is 23.0 Å². The molecule has 1 aliphatic heterocycles. The zero-order valence-corrected chi connectivity index (χ0v) is 16.3. The quantitative estimate of drug-likeness (QED) is 0.745. The van der Waals surface area contributed by atoms with E-state index in [1.807, 2.05) is 29.2 Å². The lowest BCUT2D eigenvalue weighted by atomic mass is 10.2. The molecule has 0 saturated carbocycles. The second kappa shape index (κ2) is 7.44. The van der Waals surface area contributed by atoms with Gasteiger partial charge >= 0.3 is 6.03 Å². The molecule has 6 nitrogen and oxygen atoms in total. The van der Waals surface area contributed by atoms with Gasteiger partial charge in [-0.2, -0.15) is 0 Å². The maximum atomic E-state index is 12.6. The van der Waals surface area contributed by atoms with Gasteiger partial charge in [0.2, 0.25) is 0 Å². The fourth-order valence-corrected chi connectivity index (χ4v) is 4.31. The number of amides is 2. The Bertz CT molecular complexity index is 964. The topological polar surface area (TPSA) is 57.7 Å². The number of fused-ring (bicyclic) bond motifs is 1. The zero-order valence-electron chi connectivity index (χ0n) is 15.4. The van der Waals surface area contributed by atoms with Gasteiger partial charge < -0.3 is 19.9 Å². The third-order valence-corrected chi connectivity index (χ3v) is 5.80. The number of hydrogen-bond donors (Lipinski definition) is 1. The Hall–Kier alpha value is -2.80. The minimum absolute atomic E-state index is 0.0981. The first-order valence-electron chi connectivity index (χ1n) is 8.95. The molecule has 1 saturated heterocycles. The van der Waals surface area contributed by atoms with E-state index in [0.29, 0.717) is 24.5 Å². The number of aromatic nitrogens is 1. The summed E-state index contributed by atoms with van der Waals surface area (Å²) >= 11 is 1.71. The molecule has 0 spiro atoms. The summed E-state index contributed by atoms with van der Waals surface area (Å²) in [6.07, 6.45) is 0. The number of nitrogens with one attached hydrogen (secondary N) is 1. The zero-order chi connectivity index (χ0) is 18.8. The molecule has 27 heavy (non-hydrogen) atoms. The smallest absolute Gasteiger partial charge is 0.322 e. The Labute approximate surface area is 162 Å². The SMILES string of the molecule is COc1ccccc1NC(=O)N1CCN(c2nc3ccc(C)cc3s2)CC1. The number of carbonyl (C=O) groups excluding carboxylic acids is 1. The molecule has 0 bridgehead atoms. The van der Waals surface area contributed by atoms with Crippen molar-refractivity contribution in [3.63, 3.8) is 0 Å². The molecule has 140 valence electrons. The highest BCUT2D eigenvalue weighted by atomic mass is 32.1. The molecule has 0 aliphatic carbocycles.